The van der Waals surface area contributed by atoms with E-state index >= 15 is 0 Å². The number of aromatic amines is 1. The Balaban J connectivity index is 1.80. The van der Waals surface area contributed by atoms with Crippen LogP contribution in [-0.2, 0) is 16.0 Å². The fourth-order valence-electron chi connectivity index (χ4n) is 4.25. The predicted molar refractivity (Wildman–Crippen MR) is 92.3 cm³/mol. The van der Waals surface area contributed by atoms with Gasteiger partial charge in [0.25, 0.3) is 5.91 Å². The zero-order chi connectivity index (χ0) is 17.1. The maximum atomic E-state index is 13.0. The normalized spacial score (nSPS) is 21.0. The summed E-state index contributed by atoms with van der Waals surface area (Å²) in [5.74, 6) is -0.484. The van der Waals surface area contributed by atoms with Crippen molar-refractivity contribution in [2.75, 3.05) is 7.11 Å². The van der Waals surface area contributed by atoms with Crippen molar-refractivity contribution in [3.63, 3.8) is 0 Å². The van der Waals surface area contributed by atoms with Crippen molar-refractivity contribution in [1.82, 2.24) is 9.88 Å². The fraction of sp³-hybridized carbons (Fsp3) is 0.200. The molecule has 3 aromatic rings. The summed E-state index contributed by atoms with van der Waals surface area (Å²) in [6.45, 7) is 0. The van der Waals surface area contributed by atoms with E-state index in [1.165, 1.54) is 7.11 Å². The highest BCUT2D eigenvalue weighted by Gasteiger charge is 2.49. The van der Waals surface area contributed by atoms with Crippen LogP contribution in [0.5, 0.6) is 0 Å². The second-order valence-corrected chi connectivity index (χ2v) is 6.51. The van der Waals surface area contributed by atoms with Crippen LogP contribution in [-0.4, -0.2) is 34.9 Å². The molecule has 124 valence electrons. The molecule has 5 rings (SSSR count). The van der Waals surface area contributed by atoms with Crippen LogP contribution in [0.2, 0.25) is 0 Å². The molecule has 0 saturated heterocycles. The van der Waals surface area contributed by atoms with Crippen LogP contribution in [0.4, 0.5) is 0 Å². The van der Waals surface area contributed by atoms with Crippen molar-refractivity contribution in [3.8, 4) is 0 Å². The molecule has 2 aromatic carbocycles. The summed E-state index contributed by atoms with van der Waals surface area (Å²) in [5, 5.41) is 1.10. The summed E-state index contributed by atoms with van der Waals surface area (Å²) in [6, 6.07) is 14.7. The van der Waals surface area contributed by atoms with E-state index in [9.17, 15) is 9.59 Å². The van der Waals surface area contributed by atoms with Gasteiger partial charge in [0.2, 0.25) is 0 Å². The molecule has 2 atom stereocenters. The molecule has 5 nitrogen and oxygen atoms in total. The minimum absolute atomic E-state index is 0.111. The summed E-state index contributed by atoms with van der Waals surface area (Å²) in [7, 11) is 1.37. The number of carbonyl (C=O) groups excluding carboxylic acids is 2. The van der Waals surface area contributed by atoms with Crippen molar-refractivity contribution in [1.29, 1.82) is 0 Å². The van der Waals surface area contributed by atoms with Crippen LogP contribution in [0.3, 0.4) is 0 Å². The number of nitrogens with zero attached hydrogens (tertiary/aromatic N) is 1. The van der Waals surface area contributed by atoms with Crippen molar-refractivity contribution >= 4 is 22.8 Å². The topological polar surface area (TPSA) is 62.4 Å². The zero-order valence-corrected chi connectivity index (χ0v) is 13.7. The average Bonchev–Trinajstić information content (AvgIpc) is 3.17. The number of hydrogen-bond acceptors (Lipinski definition) is 3. The smallest absolute Gasteiger partial charge is 0.328 e. The van der Waals surface area contributed by atoms with Gasteiger partial charge in [0.15, 0.2) is 0 Å². The lowest BCUT2D eigenvalue weighted by molar-refractivity contribution is -0.146. The Bertz CT molecular complexity index is 1040. The molecule has 2 aliphatic heterocycles. The standard InChI is InChI=1S/C20H16N2O3/c1-25-20(24)16-10-14-11-6-4-5-9-15(11)21-17(14)18-12-7-2-3-8-13(12)19(23)22(16)18/h2-9,16,18,21H,10H2,1H3/t16-,18+/m0/s1. The Kier molecular flexibility index (Phi) is 2.83. The number of fused-ring (bicyclic) bond motifs is 7. The van der Waals surface area contributed by atoms with Gasteiger partial charge >= 0.3 is 5.97 Å². The number of esters is 1. The SMILES string of the molecule is COC(=O)[C@@H]1Cc2c([nH]c3ccccc23)[C@H]2c3ccccc3C(=O)N21. The Morgan fingerprint density at radius 1 is 1.16 bits per heavy atom. The molecule has 3 heterocycles. The number of methoxy groups -OCH3 is 1. The van der Waals surface area contributed by atoms with Crippen molar-refractivity contribution in [2.24, 2.45) is 0 Å². The van der Waals surface area contributed by atoms with Gasteiger partial charge in [0.1, 0.15) is 6.04 Å². The summed E-state index contributed by atoms with van der Waals surface area (Å²) in [4.78, 5) is 30.6. The molecule has 0 aliphatic carbocycles. The van der Waals surface area contributed by atoms with Gasteiger partial charge in [-0.25, -0.2) is 4.79 Å². The van der Waals surface area contributed by atoms with E-state index in [2.05, 4.69) is 11.1 Å². The van der Waals surface area contributed by atoms with Gasteiger partial charge in [-0.15, -0.1) is 0 Å². The number of rotatable bonds is 1. The van der Waals surface area contributed by atoms with Crippen LogP contribution < -0.4 is 0 Å². The summed E-state index contributed by atoms with van der Waals surface area (Å²) in [6.07, 6.45) is 0.461. The molecule has 0 spiro atoms. The number of amides is 1. The molecule has 1 aromatic heterocycles. The summed E-state index contributed by atoms with van der Waals surface area (Å²) < 4.78 is 5.01. The second kappa shape index (κ2) is 4.96. The number of aromatic nitrogens is 1. The van der Waals surface area contributed by atoms with Crippen molar-refractivity contribution in [2.45, 2.75) is 18.5 Å². The lowest BCUT2D eigenvalue weighted by atomic mass is 9.90. The molecule has 25 heavy (non-hydrogen) atoms. The van der Waals surface area contributed by atoms with Crippen LogP contribution >= 0.6 is 0 Å². The van der Waals surface area contributed by atoms with E-state index in [0.717, 1.165) is 27.7 Å². The first kappa shape index (κ1) is 14.3. The highest BCUT2D eigenvalue weighted by molar-refractivity contribution is 6.03. The molecule has 2 aliphatic rings. The number of nitrogens with one attached hydrogen (secondary N) is 1. The van der Waals surface area contributed by atoms with E-state index in [1.807, 2.05) is 42.5 Å². The highest BCUT2D eigenvalue weighted by atomic mass is 16.5. The first-order chi connectivity index (χ1) is 12.2. The number of H-pyrrole nitrogens is 1. The maximum absolute atomic E-state index is 13.0. The van der Waals surface area contributed by atoms with Gasteiger partial charge in [-0.3, -0.25) is 4.79 Å². The number of ether oxygens (including phenoxy) is 1. The van der Waals surface area contributed by atoms with Crippen LogP contribution in [0, 0.1) is 0 Å². The molecule has 5 heteroatoms. The monoisotopic (exact) mass is 332 g/mol. The average molecular weight is 332 g/mol. The zero-order valence-electron chi connectivity index (χ0n) is 13.7. The summed E-state index contributed by atoms with van der Waals surface area (Å²) in [5.41, 5.74) is 4.72. The molecular weight excluding hydrogens is 316 g/mol. The lowest BCUT2D eigenvalue weighted by Crippen LogP contribution is -2.48. The van der Waals surface area contributed by atoms with E-state index in [1.54, 1.807) is 4.90 Å². The maximum Gasteiger partial charge on any atom is 0.328 e. The van der Waals surface area contributed by atoms with E-state index < -0.39 is 6.04 Å². The minimum Gasteiger partial charge on any atom is -0.467 e. The van der Waals surface area contributed by atoms with Gasteiger partial charge in [-0.2, -0.15) is 0 Å². The molecule has 0 saturated carbocycles. The molecule has 0 fully saturated rings. The van der Waals surface area contributed by atoms with E-state index in [0.29, 0.717) is 12.0 Å². The third-order valence-corrected chi connectivity index (χ3v) is 5.33. The van der Waals surface area contributed by atoms with Gasteiger partial charge < -0.3 is 14.6 Å². The molecule has 1 amide bonds. The molecule has 0 unspecified atom stereocenters. The van der Waals surface area contributed by atoms with Gasteiger partial charge in [-0.05, 0) is 23.3 Å². The van der Waals surface area contributed by atoms with Gasteiger partial charge in [0, 0.05) is 28.6 Å². The highest BCUT2D eigenvalue weighted by Crippen LogP contribution is 2.46. The third kappa shape index (κ3) is 1.78. The van der Waals surface area contributed by atoms with E-state index in [-0.39, 0.29) is 17.9 Å². The molecule has 0 radical (unpaired) electrons. The quantitative estimate of drug-likeness (QED) is 0.697. The van der Waals surface area contributed by atoms with E-state index in [4.69, 9.17) is 4.74 Å². The van der Waals surface area contributed by atoms with Crippen molar-refractivity contribution < 1.29 is 14.3 Å². The Morgan fingerprint density at radius 2 is 1.92 bits per heavy atom. The number of benzene rings is 2. The Hall–Kier alpha value is -3.08. The number of hydrogen-bond donors (Lipinski definition) is 1. The predicted octanol–water partition coefficient (Wildman–Crippen LogP) is 2.81. The summed E-state index contributed by atoms with van der Waals surface area (Å²) >= 11 is 0. The fourth-order valence-corrected chi connectivity index (χ4v) is 4.25. The largest absolute Gasteiger partial charge is 0.467 e. The number of para-hydroxylation sites is 1. The first-order valence-corrected chi connectivity index (χ1v) is 8.29. The Morgan fingerprint density at radius 3 is 2.76 bits per heavy atom. The van der Waals surface area contributed by atoms with Gasteiger partial charge in [-0.1, -0.05) is 36.4 Å². The lowest BCUT2D eigenvalue weighted by Gasteiger charge is -2.36. The third-order valence-electron chi connectivity index (χ3n) is 5.33. The second-order valence-electron chi connectivity index (χ2n) is 6.51. The van der Waals surface area contributed by atoms with Crippen LogP contribution in [0.1, 0.15) is 33.2 Å². The minimum atomic E-state index is -0.610. The van der Waals surface area contributed by atoms with Crippen LogP contribution in [0.15, 0.2) is 48.5 Å². The molecule has 0 bridgehead atoms. The van der Waals surface area contributed by atoms with Gasteiger partial charge in [0.05, 0.1) is 13.2 Å². The molecular formula is C20H16N2O3. The molecule has 1 N–H and O–H groups in total. The Labute approximate surface area is 144 Å². The first-order valence-electron chi connectivity index (χ1n) is 8.29. The number of carbonyl (C=O) groups is 2. The van der Waals surface area contributed by atoms with Crippen LogP contribution in [0.25, 0.3) is 10.9 Å². The van der Waals surface area contributed by atoms with Crippen molar-refractivity contribution in [3.05, 3.63) is 70.9 Å².